The lowest BCUT2D eigenvalue weighted by atomic mass is 10.2. The molecular formula is C15H13N3O3S. The molecular weight excluding hydrogens is 302 g/mol. The molecule has 3 rings (SSSR count). The molecule has 0 bridgehead atoms. The summed E-state index contributed by atoms with van der Waals surface area (Å²) >= 11 is 1.47. The quantitative estimate of drug-likeness (QED) is 0.575. The maximum atomic E-state index is 9.52. The molecule has 1 aromatic carbocycles. The van der Waals surface area contributed by atoms with Gasteiger partial charge in [0.05, 0.1) is 24.4 Å². The molecule has 6 nitrogen and oxygen atoms in total. The minimum Gasteiger partial charge on any atom is -0.504 e. The number of furan rings is 1. The zero-order valence-corrected chi connectivity index (χ0v) is 12.5. The van der Waals surface area contributed by atoms with E-state index < -0.39 is 0 Å². The van der Waals surface area contributed by atoms with Gasteiger partial charge in [0, 0.05) is 18.0 Å². The van der Waals surface area contributed by atoms with E-state index in [1.54, 1.807) is 36.5 Å². The molecule has 0 saturated carbocycles. The number of aromatic nitrogens is 1. The first-order chi connectivity index (χ1) is 10.7. The van der Waals surface area contributed by atoms with Crippen LogP contribution in [0, 0.1) is 0 Å². The molecule has 0 amide bonds. The van der Waals surface area contributed by atoms with E-state index in [4.69, 9.17) is 4.42 Å². The van der Waals surface area contributed by atoms with Gasteiger partial charge in [0.25, 0.3) is 0 Å². The van der Waals surface area contributed by atoms with Crippen molar-refractivity contribution in [2.24, 2.45) is 10.1 Å². The fraction of sp³-hybridized carbons (Fsp3) is 0.0667. The maximum absolute atomic E-state index is 9.52. The molecule has 0 radical (unpaired) electrons. The molecule has 3 aromatic rings. The van der Waals surface area contributed by atoms with Crippen LogP contribution in [0.4, 0.5) is 0 Å². The first-order valence-electron chi connectivity index (χ1n) is 6.41. The Labute approximate surface area is 129 Å². The summed E-state index contributed by atoms with van der Waals surface area (Å²) in [5, 5.41) is 25.2. The summed E-state index contributed by atoms with van der Waals surface area (Å²) in [5.41, 5.74) is 2.42. The highest BCUT2D eigenvalue weighted by molar-refractivity contribution is 7.07. The second-order valence-electron chi connectivity index (χ2n) is 4.44. The number of rotatable bonds is 3. The van der Waals surface area contributed by atoms with Crippen molar-refractivity contribution in [3.8, 4) is 22.8 Å². The second-order valence-corrected chi connectivity index (χ2v) is 5.28. The third-order valence-corrected chi connectivity index (χ3v) is 3.92. The van der Waals surface area contributed by atoms with Crippen LogP contribution >= 0.6 is 11.3 Å². The van der Waals surface area contributed by atoms with E-state index in [9.17, 15) is 10.2 Å². The van der Waals surface area contributed by atoms with Gasteiger partial charge in [-0.1, -0.05) is 0 Å². The number of hydrogen-bond acceptors (Lipinski definition) is 6. The molecule has 2 N–H and O–H groups in total. The largest absolute Gasteiger partial charge is 0.504 e. The van der Waals surface area contributed by atoms with Crippen molar-refractivity contribution >= 4 is 17.6 Å². The van der Waals surface area contributed by atoms with E-state index in [-0.39, 0.29) is 11.5 Å². The van der Waals surface area contributed by atoms with Gasteiger partial charge in [-0.15, -0.1) is 11.3 Å². The lowest BCUT2D eigenvalue weighted by molar-refractivity contribution is 0.403. The third-order valence-electron chi connectivity index (χ3n) is 3.02. The number of nitrogens with zero attached hydrogens (tertiary/aromatic N) is 3. The molecule has 0 aliphatic rings. The fourth-order valence-electron chi connectivity index (χ4n) is 1.92. The summed E-state index contributed by atoms with van der Waals surface area (Å²) in [6.07, 6.45) is 4.83. The average molecular weight is 315 g/mol. The fourth-order valence-corrected chi connectivity index (χ4v) is 2.72. The standard InChI is InChI=1S/C15H13N3O3S/c1-16-15-18(12(9-22-15)11-4-5-21-8-11)17-7-10-2-3-13(19)14(20)6-10/h2-9,19-20H,1H3/b16-15?,17-7+. The Morgan fingerprint density at radius 1 is 1.23 bits per heavy atom. The Morgan fingerprint density at radius 2 is 2.09 bits per heavy atom. The van der Waals surface area contributed by atoms with Gasteiger partial charge >= 0.3 is 0 Å². The van der Waals surface area contributed by atoms with Crippen LogP contribution in [0.25, 0.3) is 11.3 Å². The van der Waals surface area contributed by atoms with Gasteiger partial charge < -0.3 is 14.6 Å². The third kappa shape index (κ3) is 2.66. The van der Waals surface area contributed by atoms with E-state index in [0.717, 1.165) is 16.1 Å². The van der Waals surface area contributed by atoms with Crippen molar-refractivity contribution in [2.45, 2.75) is 0 Å². The SMILES string of the molecule is CN=c1scc(-c2ccoc2)n1/N=C/c1ccc(O)c(O)c1. The van der Waals surface area contributed by atoms with Crippen molar-refractivity contribution in [3.63, 3.8) is 0 Å². The molecule has 0 unspecified atom stereocenters. The first kappa shape index (κ1) is 14.2. The molecule has 0 aliphatic carbocycles. The summed E-state index contributed by atoms with van der Waals surface area (Å²) in [6, 6.07) is 6.36. The monoisotopic (exact) mass is 315 g/mol. The number of benzene rings is 1. The van der Waals surface area contributed by atoms with Gasteiger partial charge in [-0.3, -0.25) is 4.99 Å². The van der Waals surface area contributed by atoms with Crippen LogP contribution < -0.4 is 4.80 Å². The van der Waals surface area contributed by atoms with E-state index in [2.05, 4.69) is 10.1 Å². The summed E-state index contributed by atoms with van der Waals surface area (Å²) in [6.45, 7) is 0. The number of phenols is 2. The lowest BCUT2D eigenvalue weighted by Crippen LogP contribution is -2.11. The minimum absolute atomic E-state index is 0.163. The summed E-state index contributed by atoms with van der Waals surface area (Å²) in [7, 11) is 1.70. The van der Waals surface area contributed by atoms with Gasteiger partial charge in [-0.25, -0.2) is 4.68 Å². The van der Waals surface area contributed by atoms with Gasteiger partial charge in [0.15, 0.2) is 11.5 Å². The highest BCUT2D eigenvalue weighted by Crippen LogP contribution is 2.24. The van der Waals surface area contributed by atoms with Crippen LogP contribution in [0.1, 0.15) is 5.56 Å². The van der Waals surface area contributed by atoms with Crippen molar-refractivity contribution in [3.05, 3.63) is 52.5 Å². The predicted octanol–water partition coefficient (Wildman–Crippen LogP) is 2.63. The molecule has 0 aliphatic heterocycles. The second kappa shape index (κ2) is 5.90. The van der Waals surface area contributed by atoms with Crippen LogP contribution in [0.3, 0.4) is 0 Å². The van der Waals surface area contributed by atoms with Gasteiger partial charge in [0.2, 0.25) is 4.80 Å². The summed E-state index contributed by atoms with van der Waals surface area (Å²) in [4.78, 5) is 4.92. The molecule has 0 fully saturated rings. The van der Waals surface area contributed by atoms with Crippen molar-refractivity contribution < 1.29 is 14.6 Å². The van der Waals surface area contributed by atoms with Gasteiger partial charge in [-0.05, 0) is 29.8 Å². The van der Waals surface area contributed by atoms with Crippen molar-refractivity contribution in [1.82, 2.24) is 4.68 Å². The Morgan fingerprint density at radius 3 is 2.77 bits per heavy atom. The molecule has 0 saturated heterocycles. The predicted molar refractivity (Wildman–Crippen MR) is 84.3 cm³/mol. The number of thiazole rings is 1. The zero-order chi connectivity index (χ0) is 15.5. The number of aromatic hydroxyl groups is 2. The molecule has 22 heavy (non-hydrogen) atoms. The number of phenolic OH excluding ortho intramolecular Hbond substituents is 2. The Hall–Kier alpha value is -2.80. The molecule has 2 heterocycles. The highest BCUT2D eigenvalue weighted by Gasteiger charge is 2.08. The normalized spacial score (nSPS) is 12.3. The Kier molecular flexibility index (Phi) is 3.80. The molecule has 2 aromatic heterocycles. The van der Waals surface area contributed by atoms with Crippen molar-refractivity contribution in [2.75, 3.05) is 7.05 Å². The van der Waals surface area contributed by atoms with Crippen LogP contribution in [0.2, 0.25) is 0 Å². The highest BCUT2D eigenvalue weighted by atomic mass is 32.1. The van der Waals surface area contributed by atoms with Crippen LogP contribution in [0.15, 0.2) is 56.7 Å². The zero-order valence-electron chi connectivity index (χ0n) is 11.7. The Balaban J connectivity index is 2.03. The molecule has 0 spiro atoms. The van der Waals surface area contributed by atoms with Crippen LogP contribution in [-0.4, -0.2) is 28.2 Å². The number of hydrogen-bond donors (Lipinski definition) is 2. The minimum atomic E-state index is -0.185. The van der Waals surface area contributed by atoms with Gasteiger partial charge in [0.1, 0.15) is 0 Å². The Bertz CT molecular complexity index is 876. The van der Waals surface area contributed by atoms with E-state index in [0.29, 0.717) is 5.56 Å². The van der Waals surface area contributed by atoms with Crippen LogP contribution in [0.5, 0.6) is 11.5 Å². The first-order valence-corrected chi connectivity index (χ1v) is 7.29. The van der Waals surface area contributed by atoms with E-state index in [1.807, 2.05) is 11.4 Å². The maximum Gasteiger partial charge on any atom is 0.205 e. The van der Waals surface area contributed by atoms with Crippen LogP contribution in [-0.2, 0) is 0 Å². The topological polar surface area (TPSA) is 83.2 Å². The summed E-state index contributed by atoms with van der Waals surface area (Å²) in [5.74, 6) is -0.349. The average Bonchev–Trinajstić information content (AvgIpc) is 3.16. The smallest absolute Gasteiger partial charge is 0.205 e. The summed E-state index contributed by atoms with van der Waals surface area (Å²) < 4.78 is 6.80. The van der Waals surface area contributed by atoms with E-state index >= 15 is 0 Å². The molecule has 7 heteroatoms. The lowest BCUT2D eigenvalue weighted by Gasteiger charge is -2.01. The van der Waals surface area contributed by atoms with E-state index in [1.165, 1.54) is 23.5 Å². The molecule has 112 valence electrons. The van der Waals surface area contributed by atoms with Crippen molar-refractivity contribution in [1.29, 1.82) is 0 Å². The van der Waals surface area contributed by atoms with Gasteiger partial charge in [-0.2, -0.15) is 5.10 Å². The molecule has 0 atom stereocenters.